The first-order valence-electron chi connectivity index (χ1n) is 10.5. The smallest absolute Gasteiger partial charge is 0.241 e. The van der Waals surface area contributed by atoms with Crippen LogP contribution in [0.1, 0.15) is 23.9 Å². The van der Waals surface area contributed by atoms with Crippen molar-refractivity contribution in [2.75, 3.05) is 31.5 Å². The Kier molecular flexibility index (Phi) is 5.99. The van der Waals surface area contributed by atoms with Crippen molar-refractivity contribution in [3.05, 3.63) is 53.5 Å². The number of aryl methyl sites for hydroxylation is 2. The predicted octanol–water partition coefficient (Wildman–Crippen LogP) is 2.55. The number of carbonyl (C=O) groups is 2. The van der Waals surface area contributed by atoms with Crippen LogP contribution in [0, 0.1) is 13.8 Å². The van der Waals surface area contributed by atoms with Crippen LogP contribution < -0.4 is 5.32 Å². The lowest BCUT2D eigenvalue weighted by Crippen LogP contribution is -2.54. The Balaban J connectivity index is 1.34. The standard InChI is InChI=1S/C23H27N5O3/c1-15-19(17(3)31-26-15)14-22(29)28-12-10-27(11-13-28)16(2)23(30)25-21-8-4-7-20-18(21)6-5-9-24-20/h4-9,16H,10-14H2,1-3H3,(H,25,30). The zero-order valence-electron chi connectivity index (χ0n) is 18.1. The normalized spacial score (nSPS) is 15.8. The molecule has 1 aliphatic heterocycles. The highest BCUT2D eigenvalue weighted by Gasteiger charge is 2.28. The molecule has 1 fully saturated rings. The molecule has 31 heavy (non-hydrogen) atoms. The lowest BCUT2D eigenvalue weighted by atomic mass is 10.1. The maximum atomic E-state index is 12.9. The van der Waals surface area contributed by atoms with Gasteiger partial charge in [-0.1, -0.05) is 11.2 Å². The van der Waals surface area contributed by atoms with Crippen molar-refractivity contribution in [1.82, 2.24) is 19.9 Å². The fourth-order valence-electron chi connectivity index (χ4n) is 3.99. The highest BCUT2D eigenvalue weighted by molar-refractivity contribution is 6.02. The molecule has 0 saturated carbocycles. The van der Waals surface area contributed by atoms with E-state index in [4.69, 9.17) is 4.52 Å². The van der Waals surface area contributed by atoms with Crippen LogP contribution in [0.5, 0.6) is 0 Å². The minimum Gasteiger partial charge on any atom is -0.361 e. The van der Waals surface area contributed by atoms with Crippen LogP contribution in [0.25, 0.3) is 10.9 Å². The summed E-state index contributed by atoms with van der Waals surface area (Å²) in [5.41, 5.74) is 3.23. The number of aromatic nitrogens is 2. The summed E-state index contributed by atoms with van der Waals surface area (Å²) in [6.07, 6.45) is 2.04. The summed E-state index contributed by atoms with van der Waals surface area (Å²) < 4.78 is 5.16. The number of amides is 2. The van der Waals surface area contributed by atoms with Crippen molar-refractivity contribution < 1.29 is 14.1 Å². The SMILES string of the molecule is Cc1noc(C)c1CC(=O)N1CCN(C(C)C(=O)Nc2cccc3ncccc23)CC1. The Bertz CT molecular complexity index is 1080. The Hall–Kier alpha value is -3.26. The van der Waals surface area contributed by atoms with Gasteiger partial charge in [0, 0.05) is 43.3 Å². The van der Waals surface area contributed by atoms with Gasteiger partial charge in [-0.3, -0.25) is 19.5 Å². The molecule has 1 N–H and O–H groups in total. The van der Waals surface area contributed by atoms with E-state index in [9.17, 15) is 9.59 Å². The molecule has 0 bridgehead atoms. The van der Waals surface area contributed by atoms with Gasteiger partial charge in [-0.25, -0.2) is 0 Å². The number of rotatable bonds is 5. The van der Waals surface area contributed by atoms with Crippen LogP contribution >= 0.6 is 0 Å². The second-order valence-corrected chi connectivity index (χ2v) is 7.94. The summed E-state index contributed by atoms with van der Waals surface area (Å²) in [4.78, 5) is 33.9. The van der Waals surface area contributed by atoms with E-state index in [1.165, 1.54) is 0 Å². The number of pyridine rings is 1. The summed E-state index contributed by atoms with van der Waals surface area (Å²) in [7, 11) is 0. The van der Waals surface area contributed by atoms with E-state index in [1.807, 2.05) is 56.0 Å². The Morgan fingerprint density at radius 3 is 2.61 bits per heavy atom. The van der Waals surface area contributed by atoms with Gasteiger partial charge in [0.1, 0.15) is 5.76 Å². The number of nitrogens with one attached hydrogen (secondary N) is 1. The minimum absolute atomic E-state index is 0.0631. The van der Waals surface area contributed by atoms with Crippen molar-refractivity contribution in [1.29, 1.82) is 0 Å². The number of fused-ring (bicyclic) bond motifs is 1. The molecule has 1 saturated heterocycles. The third-order valence-corrected chi connectivity index (χ3v) is 6.01. The lowest BCUT2D eigenvalue weighted by Gasteiger charge is -2.37. The molecule has 0 spiro atoms. The molecular formula is C23H27N5O3. The van der Waals surface area contributed by atoms with Gasteiger partial charge in [0.05, 0.1) is 29.4 Å². The van der Waals surface area contributed by atoms with Gasteiger partial charge in [0.25, 0.3) is 0 Å². The molecule has 1 aromatic carbocycles. The molecular weight excluding hydrogens is 394 g/mol. The Morgan fingerprint density at radius 2 is 1.90 bits per heavy atom. The number of nitrogens with zero attached hydrogens (tertiary/aromatic N) is 4. The molecule has 0 aliphatic carbocycles. The molecule has 3 heterocycles. The zero-order chi connectivity index (χ0) is 22.0. The van der Waals surface area contributed by atoms with Crippen LogP contribution in [0.4, 0.5) is 5.69 Å². The third kappa shape index (κ3) is 4.44. The highest BCUT2D eigenvalue weighted by atomic mass is 16.5. The third-order valence-electron chi connectivity index (χ3n) is 6.01. The predicted molar refractivity (Wildman–Crippen MR) is 118 cm³/mol. The lowest BCUT2D eigenvalue weighted by molar-refractivity contribution is -0.133. The first kappa shape index (κ1) is 21.0. The van der Waals surface area contributed by atoms with Crippen LogP contribution in [-0.4, -0.2) is 64.0 Å². The molecule has 1 unspecified atom stereocenters. The molecule has 1 aliphatic rings. The molecule has 1 atom stereocenters. The van der Waals surface area contributed by atoms with Gasteiger partial charge in [-0.15, -0.1) is 0 Å². The van der Waals surface area contributed by atoms with Crippen molar-refractivity contribution in [2.24, 2.45) is 0 Å². The molecule has 2 amide bonds. The van der Waals surface area contributed by atoms with Crippen molar-refractivity contribution >= 4 is 28.4 Å². The van der Waals surface area contributed by atoms with E-state index in [0.717, 1.165) is 27.8 Å². The van der Waals surface area contributed by atoms with Gasteiger partial charge < -0.3 is 14.7 Å². The second kappa shape index (κ2) is 8.85. The molecule has 2 aromatic heterocycles. The summed E-state index contributed by atoms with van der Waals surface area (Å²) in [5.74, 6) is 0.694. The minimum atomic E-state index is -0.299. The topological polar surface area (TPSA) is 91.6 Å². The molecule has 0 radical (unpaired) electrons. The van der Waals surface area contributed by atoms with E-state index in [0.29, 0.717) is 38.4 Å². The molecule has 4 rings (SSSR count). The van der Waals surface area contributed by atoms with Gasteiger partial charge >= 0.3 is 0 Å². The number of anilines is 1. The van der Waals surface area contributed by atoms with E-state index in [2.05, 4.69) is 20.4 Å². The maximum absolute atomic E-state index is 12.9. The van der Waals surface area contributed by atoms with E-state index in [1.54, 1.807) is 6.20 Å². The second-order valence-electron chi connectivity index (χ2n) is 7.94. The average Bonchev–Trinajstić information content (AvgIpc) is 3.11. The van der Waals surface area contributed by atoms with Gasteiger partial charge in [0.15, 0.2) is 0 Å². The number of piperazine rings is 1. The fourth-order valence-corrected chi connectivity index (χ4v) is 3.99. The quantitative estimate of drug-likeness (QED) is 0.681. The van der Waals surface area contributed by atoms with Crippen LogP contribution in [0.15, 0.2) is 41.1 Å². The fraction of sp³-hybridized carbons (Fsp3) is 0.391. The van der Waals surface area contributed by atoms with Crippen LogP contribution in [-0.2, 0) is 16.0 Å². The zero-order valence-corrected chi connectivity index (χ0v) is 18.1. The van der Waals surface area contributed by atoms with Crippen molar-refractivity contribution in [2.45, 2.75) is 33.2 Å². The number of carbonyl (C=O) groups excluding carboxylic acids is 2. The van der Waals surface area contributed by atoms with E-state index in [-0.39, 0.29) is 17.9 Å². The molecule has 162 valence electrons. The largest absolute Gasteiger partial charge is 0.361 e. The Morgan fingerprint density at radius 1 is 1.13 bits per heavy atom. The van der Waals surface area contributed by atoms with Gasteiger partial charge in [-0.05, 0) is 45.0 Å². The van der Waals surface area contributed by atoms with E-state index >= 15 is 0 Å². The van der Waals surface area contributed by atoms with Crippen molar-refractivity contribution in [3.63, 3.8) is 0 Å². The molecule has 8 nitrogen and oxygen atoms in total. The first-order chi connectivity index (χ1) is 14.9. The maximum Gasteiger partial charge on any atom is 0.241 e. The van der Waals surface area contributed by atoms with Gasteiger partial charge in [-0.2, -0.15) is 0 Å². The summed E-state index contributed by atoms with van der Waals surface area (Å²) >= 11 is 0. The highest BCUT2D eigenvalue weighted by Crippen LogP contribution is 2.22. The average molecular weight is 422 g/mol. The number of hydrogen-bond donors (Lipinski definition) is 1. The Labute approximate surface area is 181 Å². The van der Waals surface area contributed by atoms with Gasteiger partial charge in [0.2, 0.25) is 11.8 Å². The molecule has 3 aromatic rings. The summed E-state index contributed by atoms with van der Waals surface area (Å²) in [5, 5.41) is 7.88. The number of hydrogen-bond acceptors (Lipinski definition) is 6. The van der Waals surface area contributed by atoms with Crippen LogP contribution in [0.2, 0.25) is 0 Å². The first-order valence-corrected chi connectivity index (χ1v) is 10.5. The summed E-state index contributed by atoms with van der Waals surface area (Å²) in [6, 6.07) is 9.21. The van der Waals surface area contributed by atoms with Crippen molar-refractivity contribution in [3.8, 4) is 0 Å². The van der Waals surface area contributed by atoms with E-state index < -0.39 is 0 Å². The molecule has 8 heteroatoms. The monoisotopic (exact) mass is 421 g/mol. The summed E-state index contributed by atoms with van der Waals surface area (Å²) in [6.45, 7) is 8.07. The van der Waals surface area contributed by atoms with Crippen LogP contribution in [0.3, 0.4) is 0 Å². The number of benzene rings is 1.